The van der Waals surface area contributed by atoms with Crippen LogP contribution in [-0.2, 0) is 28.6 Å². The van der Waals surface area contributed by atoms with Gasteiger partial charge in [0.25, 0.3) is 0 Å². The average Bonchev–Trinajstić information content (AvgIpc) is 3.38. The molecular weight excluding hydrogens is 889 g/mol. The maximum absolute atomic E-state index is 12.8. The van der Waals surface area contributed by atoms with Crippen LogP contribution in [0.1, 0.15) is 284 Å². The monoisotopic (exact) mass is 1000 g/mol. The Labute approximate surface area is 445 Å². The molecular formula is C66H112O6. The van der Waals surface area contributed by atoms with E-state index in [1.165, 1.54) is 122 Å². The van der Waals surface area contributed by atoms with Crippen LogP contribution in [0.4, 0.5) is 0 Å². The van der Waals surface area contributed by atoms with E-state index in [1.807, 2.05) is 0 Å². The van der Waals surface area contributed by atoms with Gasteiger partial charge in [-0.05, 0) is 96.3 Å². The van der Waals surface area contributed by atoms with Gasteiger partial charge in [0.05, 0.1) is 0 Å². The largest absolute Gasteiger partial charge is 0.462 e. The van der Waals surface area contributed by atoms with Gasteiger partial charge in [-0.3, -0.25) is 14.4 Å². The first-order chi connectivity index (χ1) is 35.5. The topological polar surface area (TPSA) is 78.9 Å². The van der Waals surface area contributed by atoms with E-state index in [0.29, 0.717) is 19.3 Å². The number of carbonyl (C=O) groups excluding carboxylic acids is 3. The number of hydrogen-bond acceptors (Lipinski definition) is 6. The molecule has 412 valence electrons. The Bertz CT molecular complexity index is 1430. The summed E-state index contributed by atoms with van der Waals surface area (Å²) in [6.07, 6.45) is 79.8. The molecule has 0 amide bonds. The molecule has 0 aliphatic carbocycles. The summed E-state index contributed by atoms with van der Waals surface area (Å²) in [6.45, 7) is 6.47. The molecule has 0 rings (SSSR count). The van der Waals surface area contributed by atoms with Gasteiger partial charge in [-0.15, -0.1) is 0 Å². The lowest BCUT2D eigenvalue weighted by molar-refractivity contribution is -0.167. The van der Waals surface area contributed by atoms with Crippen LogP contribution in [0.2, 0.25) is 0 Å². The van der Waals surface area contributed by atoms with Crippen molar-refractivity contribution in [3.05, 3.63) is 97.2 Å². The fourth-order valence-electron chi connectivity index (χ4n) is 8.29. The molecule has 0 heterocycles. The fraction of sp³-hybridized carbons (Fsp3) is 0.712. The van der Waals surface area contributed by atoms with Crippen molar-refractivity contribution in [3.63, 3.8) is 0 Å². The van der Waals surface area contributed by atoms with Crippen molar-refractivity contribution in [2.75, 3.05) is 13.2 Å². The second-order valence-electron chi connectivity index (χ2n) is 19.9. The minimum absolute atomic E-state index is 0.0819. The molecule has 0 bridgehead atoms. The Kier molecular flexibility index (Phi) is 56.8. The highest BCUT2D eigenvalue weighted by Gasteiger charge is 2.19. The first-order valence-electron chi connectivity index (χ1n) is 30.2. The number of esters is 3. The number of unbranched alkanes of at least 4 members (excludes halogenated alkanes) is 27. The van der Waals surface area contributed by atoms with Crippen molar-refractivity contribution >= 4 is 17.9 Å². The van der Waals surface area contributed by atoms with E-state index in [-0.39, 0.29) is 31.1 Å². The Morgan fingerprint density at radius 3 is 0.889 bits per heavy atom. The van der Waals surface area contributed by atoms with Crippen LogP contribution in [0.15, 0.2) is 97.2 Å². The van der Waals surface area contributed by atoms with Crippen LogP contribution in [0, 0.1) is 0 Å². The van der Waals surface area contributed by atoms with E-state index < -0.39 is 6.10 Å². The lowest BCUT2D eigenvalue weighted by Gasteiger charge is -2.18. The Balaban J connectivity index is 4.24. The molecule has 0 aromatic carbocycles. The van der Waals surface area contributed by atoms with Gasteiger partial charge in [0.1, 0.15) is 13.2 Å². The number of ether oxygens (including phenoxy) is 3. The van der Waals surface area contributed by atoms with E-state index in [9.17, 15) is 14.4 Å². The van der Waals surface area contributed by atoms with Crippen molar-refractivity contribution in [2.45, 2.75) is 290 Å². The van der Waals surface area contributed by atoms with Crippen molar-refractivity contribution in [3.8, 4) is 0 Å². The summed E-state index contributed by atoms with van der Waals surface area (Å²) in [5.41, 5.74) is 0. The molecule has 0 aromatic heterocycles. The number of carbonyl (C=O) groups is 3. The minimum atomic E-state index is -0.785. The normalized spacial score (nSPS) is 12.8. The van der Waals surface area contributed by atoms with Crippen LogP contribution >= 0.6 is 0 Å². The van der Waals surface area contributed by atoms with E-state index in [1.54, 1.807) is 0 Å². The Morgan fingerprint density at radius 1 is 0.292 bits per heavy atom. The highest BCUT2D eigenvalue weighted by Crippen LogP contribution is 2.15. The first kappa shape index (κ1) is 68.3. The molecule has 0 saturated heterocycles. The van der Waals surface area contributed by atoms with Gasteiger partial charge in [-0.2, -0.15) is 0 Å². The van der Waals surface area contributed by atoms with Crippen LogP contribution in [0.3, 0.4) is 0 Å². The molecule has 0 radical (unpaired) electrons. The van der Waals surface area contributed by atoms with Gasteiger partial charge in [-0.25, -0.2) is 0 Å². The zero-order chi connectivity index (χ0) is 52.2. The second kappa shape index (κ2) is 59.9. The lowest BCUT2D eigenvalue weighted by Crippen LogP contribution is -2.30. The first-order valence-corrected chi connectivity index (χ1v) is 30.2. The summed E-state index contributed by atoms with van der Waals surface area (Å²) < 4.78 is 16.8. The molecule has 0 aliphatic heterocycles. The molecule has 6 nitrogen and oxygen atoms in total. The summed E-state index contributed by atoms with van der Waals surface area (Å²) in [5, 5.41) is 0. The summed E-state index contributed by atoms with van der Waals surface area (Å²) in [5.74, 6) is -0.896. The summed E-state index contributed by atoms with van der Waals surface area (Å²) >= 11 is 0. The Hall–Kier alpha value is -3.67. The maximum Gasteiger partial charge on any atom is 0.306 e. The molecule has 0 N–H and O–H groups in total. The lowest BCUT2D eigenvalue weighted by atomic mass is 10.1. The fourth-order valence-corrected chi connectivity index (χ4v) is 8.29. The predicted octanol–water partition coefficient (Wildman–Crippen LogP) is 20.5. The number of rotatable bonds is 54. The van der Waals surface area contributed by atoms with Gasteiger partial charge >= 0.3 is 17.9 Å². The standard InChI is InChI=1S/C66H112O6/c1-4-7-10-13-16-19-22-24-26-27-28-29-30-31-32-33-34-35-36-37-38-39-40-42-44-47-50-53-56-59-65(68)71-62-63(61-70-64(67)58-55-52-49-46-43-21-18-15-12-9-6-3)72-66(69)60-57-54-51-48-45-41-25-23-20-17-14-11-8-5-2/h7,10,14,16-17,19,23-26,28-29,31-32,34-35,63H,4-6,8-9,11-13,15,18,20-22,27,30,33,36-62H2,1-3H3/b10-7-,17-14-,19-16-,25-23-,26-24-,29-28-,32-31-,35-34-. The highest BCUT2D eigenvalue weighted by molar-refractivity contribution is 5.71. The van der Waals surface area contributed by atoms with Gasteiger partial charge in [0.2, 0.25) is 0 Å². The molecule has 0 spiro atoms. The van der Waals surface area contributed by atoms with Gasteiger partial charge in [0.15, 0.2) is 6.10 Å². The molecule has 1 atom stereocenters. The highest BCUT2D eigenvalue weighted by atomic mass is 16.6. The minimum Gasteiger partial charge on any atom is -0.462 e. The Morgan fingerprint density at radius 2 is 0.556 bits per heavy atom. The molecule has 0 aliphatic rings. The van der Waals surface area contributed by atoms with Crippen LogP contribution < -0.4 is 0 Å². The number of hydrogen-bond donors (Lipinski definition) is 0. The summed E-state index contributed by atoms with van der Waals surface area (Å²) in [6, 6.07) is 0. The van der Waals surface area contributed by atoms with Gasteiger partial charge in [0, 0.05) is 19.3 Å². The molecule has 0 aromatic rings. The van der Waals surface area contributed by atoms with Crippen molar-refractivity contribution in [1.82, 2.24) is 0 Å². The third kappa shape index (κ3) is 57.2. The van der Waals surface area contributed by atoms with Crippen LogP contribution in [0.5, 0.6) is 0 Å². The van der Waals surface area contributed by atoms with Gasteiger partial charge in [-0.1, -0.05) is 266 Å². The van der Waals surface area contributed by atoms with Crippen molar-refractivity contribution in [1.29, 1.82) is 0 Å². The molecule has 0 fully saturated rings. The third-order valence-electron chi connectivity index (χ3n) is 12.8. The van der Waals surface area contributed by atoms with Crippen LogP contribution in [-0.4, -0.2) is 37.2 Å². The van der Waals surface area contributed by atoms with Crippen LogP contribution in [0.25, 0.3) is 0 Å². The zero-order valence-electron chi connectivity index (χ0n) is 47.2. The molecule has 0 saturated carbocycles. The molecule has 72 heavy (non-hydrogen) atoms. The summed E-state index contributed by atoms with van der Waals surface area (Å²) in [4.78, 5) is 38.1. The molecule has 1 unspecified atom stereocenters. The van der Waals surface area contributed by atoms with E-state index >= 15 is 0 Å². The van der Waals surface area contributed by atoms with E-state index in [4.69, 9.17) is 14.2 Å². The zero-order valence-corrected chi connectivity index (χ0v) is 47.2. The summed E-state index contributed by atoms with van der Waals surface area (Å²) in [7, 11) is 0. The quantitative estimate of drug-likeness (QED) is 0.0261. The van der Waals surface area contributed by atoms with E-state index in [0.717, 1.165) is 122 Å². The molecule has 6 heteroatoms. The second-order valence-corrected chi connectivity index (χ2v) is 19.9. The number of allylic oxidation sites excluding steroid dienone is 16. The smallest absolute Gasteiger partial charge is 0.306 e. The van der Waals surface area contributed by atoms with Crippen molar-refractivity contribution < 1.29 is 28.6 Å². The van der Waals surface area contributed by atoms with E-state index in [2.05, 4.69) is 118 Å². The van der Waals surface area contributed by atoms with Crippen molar-refractivity contribution in [2.24, 2.45) is 0 Å². The maximum atomic E-state index is 12.8. The van der Waals surface area contributed by atoms with Gasteiger partial charge < -0.3 is 14.2 Å². The average molecular weight is 1000 g/mol. The predicted molar refractivity (Wildman–Crippen MR) is 311 cm³/mol. The SMILES string of the molecule is CC/C=C\C/C=C\C/C=C\C/C=C\C/C=C\C/C=C\CCCCCCCCCCCCC(=O)OCC(COC(=O)CCCCCCCCCCCCC)OC(=O)CCCCCCC/C=C\C/C=C\CCCC. The third-order valence-corrected chi connectivity index (χ3v) is 12.8.